The Morgan fingerprint density at radius 2 is 1.96 bits per heavy atom. The minimum absolute atomic E-state index is 0.0957. The summed E-state index contributed by atoms with van der Waals surface area (Å²) in [7, 11) is 0.498. The molecule has 1 rings (SSSR count). The number of hydrogen-bond donors (Lipinski definition) is 2. The van der Waals surface area contributed by atoms with Gasteiger partial charge in [0.05, 0.1) is 12.3 Å². The number of ether oxygens (including phenoxy) is 1. The predicted molar refractivity (Wildman–Crippen MR) is 103 cm³/mol. The molecule has 0 aromatic heterocycles. The number of halogens is 1. The van der Waals surface area contributed by atoms with Crippen LogP contribution in [-0.4, -0.2) is 65.4 Å². The maximum absolute atomic E-state index is 11.3. The molecule has 0 bridgehead atoms. The highest BCUT2D eigenvalue weighted by molar-refractivity contribution is 7.89. The summed E-state index contributed by atoms with van der Waals surface area (Å²) < 4.78 is 30.9. The zero-order valence-electron chi connectivity index (χ0n) is 15.0. The van der Waals surface area contributed by atoms with Crippen LogP contribution in [-0.2, 0) is 10.0 Å². The highest BCUT2D eigenvalue weighted by Crippen LogP contribution is 2.15. The van der Waals surface area contributed by atoms with Gasteiger partial charge in [0.1, 0.15) is 12.4 Å². The number of aliphatic imine (C=N–C) groups is 1. The number of benzene rings is 1. The van der Waals surface area contributed by atoms with Gasteiger partial charge < -0.3 is 15.0 Å². The minimum atomic E-state index is -3.13. The Hall–Kier alpha value is -1.51. The van der Waals surface area contributed by atoms with Gasteiger partial charge in [-0.15, -0.1) is 0 Å². The van der Waals surface area contributed by atoms with Crippen molar-refractivity contribution in [2.45, 2.75) is 13.3 Å². The second-order valence-electron chi connectivity index (χ2n) is 5.35. The Morgan fingerprint density at radius 3 is 2.56 bits per heavy atom. The third-order valence-electron chi connectivity index (χ3n) is 3.42. The molecule has 0 saturated heterocycles. The Balaban J connectivity index is 2.25. The summed E-state index contributed by atoms with van der Waals surface area (Å²) in [5.74, 6) is 1.60. The predicted octanol–water partition coefficient (Wildman–Crippen LogP) is 1.56. The summed E-state index contributed by atoms with van der Waals surface area (Å²) >= 11 is 5.83. The molecule has 0 fully saturated rings. The van der Waals surface area contributed by atoms with Crippen LogP contribution in [0.2, 0.25) is 5.02 Å². The minimum Gasteiger partial charge on any atom is -0.492 e. The molecule has 0 spiro atoms. The van der Waals surface area contributed by atoms with E-state index < -0.39 is 10.0 Å². The zero-order chi connectivity index (χ0) is 18.7. The lowest BCUT2D eigenvalue weighted by molar-refractivity contribution is 0.281. The van der Waals surface area contributed by atoms with Gasteiger partial charge in [-0.1, -0.05) is 11.6 Å². The fraction of sp³-hybridized carbons (Fsp3) is 0.562. The van der Waals surface area contributed by atoms with Gasteiger partial charge in [0, 0.05) is 32.2 Å². The van der Waals surface area contributed by atoms with Crippen molar-refractivity contribution in [1.82, 2.24) is 14.9 Å². The number of rotatable bonds is 10. The maximum Gasteiger partial charge on any atom is 0.211 e. The average molecular weight is 391 g/mol. The van der Waals surface area contributed by atoms with Crippen molar-refractivity contribution in [1.29, 1.82) is 0 Å². The summed E-state index contributed by atoms with van der Waals surface area (Å²) in [6.45, 7) is 3.81. The standard InChI is InChI=1S/C16H27ClN4O3S/c1-4-25(22,23)20-11-5-10-19-16(18-2)21(3)12-13-24-15-8-6-14(17)7-9-15/h6-9,20H,4-5,10-13H2,1-3H3,(H,18,19). The molecule has 0 heterocycles. The van der Waals surface area contributed by atoms with Crippen molar-refractivity contribution >= 4 is 27.6 Å². The molecule has 0 amide bonds. The lowest BCUT2D eigenvalue weighted by Gasteiger charge is -2.22. The normalized spacial score (nSPS) is 12.1. The first-order valence-electron chi connectivity index (χ1n) is 8.15. The van der Waals surface area contributed by atoms with E-state index in [4.69, 9.17) is 16.3 Å². The lowest BCUT2D eigenvalue weighted by Crippen LogP contribution is -2.41. The van der Waals surface area contributed by atoms with Crippen LogP contribution in [0, 0.1) is 0 Å². The molecule has 142 valence electrons. The number of hydrogen-bond acceptors (Lipinski definition) is 4. The topological polar surface area (TPSA) is 83.0 Å². The molecule has 0 saturated carbocycles. The first-order chi connectivity index (χ1) is 11.9. The SMILES string of the molecule is CCS(=O)(=O)NCCCNC(=NC)N(C)CCOc1ccc(Cl)cc1. The average Bonchev–Trinajstić information content (AvgIpc) is 2.59. The van der Waals surface area contributed by atoms with Gasteiger partial charge in [-0.05, 0) is 37.6 Å². The summed E-state index contributed by atoms with van der Waals surface area (Å²) in [5.41, 5.74) is 0. The second kappa shape index (κ2) is 11.2. The number of likely N-dealkylation sites (N-methyl/N-ethyl adjacent to an activating group) is 1. The van der Waals surface area contributed by atoms with Gasteiger partial charge in [0.25, 0.3) is 0 Å². The quantitative estimate of drug-likeness (QED) is 0.360. The molecule has 0 aliphatic rings. The van der Waals surface area contributed by atoms with Crippen LogP contribution >= 0.6 is 11.6 Å². The third-order valence-corrected chi connectivity index (χ3v) is 5.08. The molecule has 9 heteroatoms. The van der Waals surface area contributed by atoms with E-state index in [1.807, 2.05) is 24.1 Å². The third kappa shape index (κ3) is 8.94. The van der Waals surface area contributed by atoms with Crippen molar-refractivity contribution in [2.24, 2.45) is 4.99 Å². The molecule has 25 heavy (non-hydrogen) atoms. The van der Waals surface area contributed by atoms with Crippen molar-refractivity contribution in [3.05, 3.63) is 29.3 Å². The molecule has 7 nitrogen and oxygen atoms in total. The molecule has 0 aliphatic heterocycles. The molecule has 0 radical (unpaired) electrons. The van der Waals surface area contributed by atoms with Gasteiger partial charge in [0.15, 0.2) is 5.96 Å². The molecule has 0 unspecified atom stereocenters. The highest BCUT2D eigenvalue weighted by Gasteiger charge is 2.07. The number of sulfonamides is 1. The molecule has 0 aliphatic carbocycles. The van der Waals surface area contributed by atoms with E-state index in [1.54, 1.807) is 26.1 Å². The number of nitrogens with one attached hydrogen (secondary N) is 2. The Labute approximate surface area is 155 Å². The van der Waals surface area contributed by atoms with Crippen LogP contribution in [0.15, 0.2) is 29.3 Å². The largest absolute Gasteiger partial charge is 0.492 e. The molecule has 1 aromatic rings. The summed E-state index contributed by atoms with van der Waals surface area (Å²) in [5, 5.41) is 3.87. The molecular formula is C16H27ClN4O3S. The van der Waals surface area contributed by atoms with E-state index in [2.05, 4.69) is 15.0 Å². The summed E-state index contributed by atoms with van der Waals surface area (Å²) in [6.07, 6.45) is 0.674. The fourth-order valence-electron chi connectivity index (χ4n) is 1.94. The molecule has 1 aromatic carbocycles. The van der Waals surface area contributed by atoms with E-state index in [0.29, 0.717) is 37.7 Å². The zero-order valence-corrected chi connectivity index (χ0v) is 16.5. The van der Waals surface area contributed by atoms with Crippen molar-refractivity contribution in [2.75, 3.05) is 46.1 Å². The molecule has 2 N–H and O–H groups in total. The van der Waals surface area contributed by atoms with Crippen LogP contribution in [0.25, 0.3) is 0 Å². The summed E-state index contributed by atoms with van der Waals surface area (Å²) in [6, 6.07) is 7.22. The number of nitrogens with zero attached hydrogens (tertiary/aromatic N) is 2. The van der Waals surface area contributed by atoms with E-state index in [0.717, 1.165) is 11.7 Å². The van der Waals surface area contributed by atoms with Crippen molar-refractivity contribution in [3.8, 4) is 5.75 Å². The Bertz CT molecular complexity index is 635. The van der Waals surface area contributed by atoms with Gasteiger partial charge in [-0.25, -0.2) is 13.1 Å². The van der Waals surface area contributed by atoms with Crippen LogP contribution in [0.5, 0.6) is 5.75 Å². The Morgan fingerprint density at radius 1 is 1.28 bits per heavy atom. The van der Waals surface area contributed by atoms with Crippen LogP contribution < -0.4 is 14.8 Å². The van der Waals surface area contributed by atoms with Gasteiger partial charge >= 0.3 is 0 Å². The van der Waals surface area contributed by atoms with E-state index >= 15 is 0 Å². The van der Waals surface area contributed by atoms with E-state index in [9.17, 15) is 8.42 Å². The van der Waals surface area contributed by atoms with Gasteiger partial charge in [0.2, 0.25) is 10.0 Å². The van der Waals surface area contributed by atoms with Crippen molar-refractivity contribution in [3.63, 3.8) is 0 Å². The van der Waals surface area contributed by atoms with Crippen molar-refractivity contribution < 1.29 is 13.2 Å². The van der Waals surface area contributed by atoms with E-state index in [1.165, 1.54) is 0 Å². The Kier molecular flexibility index (Phi) is 9.62. The first-order valence-corrected chi connectivity index (χ1v) is 10.2. The molecule has 0 atom stereocenters. The smallest absolute Gasteiger partial charge is 0.211 e. The fourth-order valence-corrected chi connectivity index (χ4v) is 2.73. The number of guanidine groups is 1. The van der Waals surface area contributed by atoms with Gasteiger partial charge in [-0.2, -0.15) is 0 Å². The lowest BCUT2D eigenvalue weighted by atomic mass is 10.3. The van der Waals surface area contributed by atoms with Crippen LogP contribution in [0.3, 0.4) is 0 Å². The molecular weight excluding hydrogens is 364 g/mol. The monoisotopic (exact) mass is 390 g/mol. The van der Waals surface area contributed by atoms with E-state index in [-0.39, 0.29) is 5.75 Å². The first kappa shape index (κ1) is 21.5. The van der Waals surface area contributed by atoms with Crippen LogP contribution in [0.4, 0.5) is 0 Å². The van der Waals surface area contributed by atoms with Gasteiger partial charge in [-0.3, -0.25) is 4.99 Å². The maximum atomic E-state index is 11.3. The second-order valence-corrected chi connectivity index (χ2v) is 7.88. The van der Waals surface area contributed by atoms with Crippen LogP contribution in [0.1, 0.15) is 13.3 Å². The summed E-state index contributed by atoms with van der Waals surface area (Å²) in [4.78, 5) is 6.16. The highest BCUT2D eigenvalue weighted by atomic mass is 35.5.